The number of rotatable bonds is 2. The Morgan fingerprint density at radius 1 is 1.12 bits per heavy atom. The number of Topliss-reactive ketones (excluding diaryl/α,β-unsaturated/α-hetero) is 1. The highest BCUT2D eigenvalue weighted by atomic mass is 16.5. The number of carbonyl (C=O) groups is 1. The summed E-state index contributed by atoms with van der Waals surface area (Å²) in [5, 5.41) is 11.3. The van der Waals surface area contributed by atoms with Crippen molar-refractivity contribution in [2.75, 3.05) is 13.7 Å². The third kappa shape index (κ3) is 2.34. The quantitative estimate of drug-likeness (QED) is 0.812. The molecule has 0 saturated heterocycles. The maximum atomic E-state index is 12.3. The molecule has 0 unspecified atom stereocenters. The minimum Gasteiger partial charge on any atom is -0.387 e. The molecule has 0 aromatic rings. The van der Waals surface area contributed by atoms with Crippen molar-refractivity contribution in [1.29, 1.82) is 0 Å². The Morgan fingerprint density at radius 3 is 2.56 bits per heavy atom. The van der Waals surface area contributed by atoms with E-state index in [9.17, 15) is 9.90 Å². The number of ether oxygens (including phenoxy) is 1. The zero-order valence-corrected chi connectivity index (χ0v) is 16.5. The second-order valence-electron chi connectivity index (χ2n) is 10.4. The molecule has 0 amide bonds. The first-order valence-corrected chi connectivity index (χ1v) is 10.5. The smallest absolute Gasteiger partial charge is 0.136 e. The monoisotopic (exact) mass is 348 g/mol. The summed E-state index contributed by atoms with van der Waals surface area (Å²) in [4.78, 5) is 12.3. The van der Waals surface area contributed by atoms with Gasteiger partial charge in [-0.25, -0.2) is 0 Å². The highest BCUT2D eigenvalue weighted by molar-refractivity contribution is 5.82. The number of hydrogen-bond acceptors (Lipinski definition) is 3. The van der Waals surface area contributed by atoms with Gasteiger partial charge in [0.05, 0.1) is 12.2 Å². The molecule has 4 aliphatic carbocycles. The predicted molar refractivity (Wildman–Crippen MR) is 98.1 cm³/mol. The molecule has 0 aliphatic heterocycles. The predicted octanol–water partition coefficient (Wildman–Crippen LogP) is 4.22. The molecule has 4 saturated carbocycles. The highest BCUT2D eigenvalue weighted by Gasteiger charge is 2.64. The summed E-state index contributed by atoms with van der Waals surface area (Å²) in [6.07, 6.45) is 8.75. The zero-order chi connectivity index (χ0) is 18.0. The van der Waals surface area contributed by atoms with E-state index in [0.29, 0.717) is 29.6 Å². The van der Waals surface area contributed by atoms with Gasteiger partial charge in [-0.15, -0.1) is 0 Å². The summed E-state index contributed by atoms with van der Waals surface area (Å²) >= 11 is 0. The van der Waals surface area contributed by atoms with Gasteiger partial charge in [0.1, 0.15) is 5.78 Å². The van der Waals surface area contributed by atoms with Crippen LogP contribution in [0.25, 0.3) is 0 Å². The second kappa shape index (κ2) is 5.79. The van der Waals surface area contributed by atoms with Crippen LogP contribution in [-0.2, 0) is 9.53 Å². The van der Waals surface area contributed by atoms with Crippen molar-refractivity contribution in [2.24, 2.45) is 40.4 Å². The summed E-state index contributed by atoms with van der Waals surface area (Å²) in [6.45, 7) is 7.45. The summed E-state index contributed by atoms with van der Waals surface area (Å²) in [5.74, 6) is 3.42. The molecular weight excluding hydrogens is 312 g/mol. The lowest BCUT2D eigenvalue weighted by atomic mass is 9.44. The van der Waals surface area contributed by atoms with Crippen LogP contribution in [0.1, 0.15) is 72.1 Å². The van der Waals surface area contributed by atoms with Gasteiger partial charge in [-0.2, -0.15) is 0 Å². The van der Waals surface area contributed by atoms with E-state index in [1.165, 1.54) is 19.3 Å². The Bertz CT molecular complexity index is 559. The van der Waals surface area contributed by atoms with Gasteiger partial charge < -0.3 is 9.84 Å². The first-order chi connectivity index (χ1) is 11.7. The summed E-state index contributed by atoms with van der Waals surface area (Å²) < 4.78 is 5.42. The van der Waals surface area contributed by atoms with Crippen molar-refractivity contribution in [2.45, 2.75) is 77.7 Å². The van der Waals surface area contributed by atoms with E-state index in [0.717, 1.165) is 43.9 Å². The van der Waals surface area contributed by atoms with Gasteiger partial charge in [0.25, 0.3) is 0 Å². The minimum absolute atomic E-state index is 0.00345. The maximum Gasteiger partial charge on any atom is 0.136 e. The molecule has 3 heteroatoms. The lowest BCUT2D eigenvalue weighted by Gasteiger charge is -2.61. The van der Waals surface area contributed by atoms with Crippen LogP contribution in [0.5, 0.6) is 0 Å². The van der Waals surface area contributed by atoms with E-state index < -0.39 is 5.60 Å². The molecule has 0 radical (unpaired) electrons. The van der Waals surface area contributed by atoms with E-state index in [-0.39, 0.29) is 11.3 Å². The van der Waals surface area contributed by atoms with E-state index in [4.69, 9.17) is 4.74 Å². The molecule has 4 aliphatic rings. The standard InChI is InChI=1S/C22H36O3/c1-14-12-20(2)15(11-19(14)23)5-6-16-17(20)7-9-21(3)18(16)8-10-22(21,24)13-25-4/h14-18,24H,5-13H2,1-4H3/t14-,15-,16-,17+,18+,20+,21+,22-/m1/s1. The van der Waals surface area contributed by atoms with E-state index in [1.54, 1.807) is 7.11 Å². The molecule has 142 valence electrons. The van der Waals surface area contributed by atoms with Crippen LogP contribution in [0, 0.1) is 40.4 Å². The highest BCUT2D eigenvalue weighted by Crippen LogP contribution is 2.68. The zero-order valence-electron chi connectivity index (χ0n) is 16.5. The van der Waals surface area contributed by atoms with Crippen molar-refractivity contribution >= 4 is 5.78 Å². The Morgan fingerprint density at radius 2 is 1.84 bits per heavy atom. The molecular formula is C22H36O3. The van der Waals surface area contributed by atoms with Gasteiger partial charge in [-0.3, -0.25) is 4.79 Å². The molecule has 4 fully saturated rings. The number of hydrogen-bond donors (Lipinski definition) is 1. The van der Waals surface area contributed by atoms with Crippen LogP contribution in [0.3, 0.4) is 0 Å². The summed E-state index contributed by atoms with van der Waals surface area (Å²) in [6, 6.07) is 0. The van der Waals surface area contributed by atoms with Crippen molar-refractivity contribution in [3.8, 4) is 0 Å². The number of ketones is 1. The van der Waals surface area contributed by atoms with Crippen LogP contribution in [0.2, 0.25) is 0 Å². The Labute approximate surface area is 152 Å². The largest absolute Gasteiger partial charge is 0.387 e. The van der Waals surface area contributed by atoms with Crippen LogP contribution >= 0.6 is 0 Å². The lowest BCUT2D eigenvalue weighted by Crippen LogP contribution is -2.58. The molecule has 0 spiro atoms. The van der Waals surface area contributed by atoms with Crippen LogP contribution in [0.4, 0.5) is 0 Å². The molecule has 3 nitrogen and oxygen atoms in total. The van der Waals surface area contributed by atoms with Gasteiger partial charge in [-0.05, 0) is 74.0 Å². The van der Waals surface area contributed by atoms with Gasteiger partial charge in [0.15, 0.2) is 0 Å². The van der Waals surface area contributed by atoms with E-state index >= 15 is 0 Å². The minimum atomic E-state index is -0.648. The molecule has 0 aromatic heterocycles. The number of aliphatic hydroxyl groups is 1. The fourth-order valence-corrected chi connectivity index (χ4v) is 7.99. The van der Waals surface area contributed by atoms with Crippen LogP contribution < -0.4 is 0 Å². The third-order valence-corrected chi connectivity index (χ3v) is 9.51. The molecule has 25 heavy (non-hydrogen) atoms. The average Bonchev–Trinajstić information content (AvgIpc) is 2.81. The number of carbonyl (C=O) groups excluding carboxylic acids is 1. The van der Waals surface area contributed by atoms with Crippen LogP contribution in [-0.4, -0.2) is 30.2 Å². The average molecular weight is 349 g/mol. The van der Waals surface area contributed by atoms with Crippen molar-refractivity contribution in [3.05, 3.63) is 0 Å². The van der Waals surface area contributed by atoms with Crippen molar-refractivity contribution in [3.63, 3.8) is 0 Å². The SMILES string of the molecule is COC[C@]1(O)CC[C@H]2[C@@H]3CC[C@@H]4CC(=O)[C@H](C)C[C@]4(C)[C@H]3CC[C@@]21C. The van der Waals surface area contributed by atoms with Gasteiger partial charge in [-0.1, -0.05) is 20.8 Å². The second-order valence-corrected chi connectivity index (χ2v) is 10.4. The lowest BCUT2D eigenvalue weighted by molar-refractivity contribution is -0.172. The molecule has 8 atom stereocenters. The van der Waals surface area contributed by atoms with Gasteiger partial charge in [0, 0.05) is 24.9 Å². The molecule has 4 rings (SSSR count). The van der Waals surface area contributed by atoms with Gasteiger partial charge >= 0.3 is 0 Å². The first-order valence-electron chi connectivity index (χ1n) is 10.5. The normalized spacial score (nSPS) is 55.4. The third-order valence-electron chi connectivity index (χ3n) is 9.51. The molecule has 0 bridgehead atoms. The number of fused-ring (bicyclic) bond motifs is 5. The van der Waals surface area contributed by atoms with Gasteiger partial charge in [0.2, 0.25) is 0 Å². The molecule has 0 aromatic carbocycles. The summed E-state index contributed by atoms with van der Waals surface area (Å²) in [7, 11) is 1.72. The summed E-state index contributed by atoms with van der Waals surface area (Å²) in [5.41, 5.74) is -0.312. The fourth-order valence-electron chi connectivity index (χ4n) is 7.99. The molecule has 0 heterocycles. The maximum absolute atomic E-state index is 12.3. The van der Waals surface area contributed by atoms with Crippen LogP contribution in [0.15, 0.2) is 0 Å². The van der Waals surface area contributed by atoms with Crippen molar-refractivity contribution in [1.82, 2.24) is 0 Å². The number of methoxy groups -OCH3 is 1. The Kier molecular flexibility index (Phi) is 4.16. The molecule has 1 N–H and O–H groups in total. The Balaban J connectivity index is 1.63. The fraction of sp³-hybridized carbons (Fsp3) is 0.955. The van der Waals surface area contributed by atoms with E-state index in [2.05, 4.69) is 20.8 Å². The van der Waals surface area contributed by atoms with E-state index in [1.807, 2.05) is 0 Å². The first kappa shape index (κ1) is 18.0. The Hall–Kier alpha value is -0.410. The topological polar surface area (TPSA) is 46.5 Å². The van der Waals surface area contributed by atoms with Crippen molar-refractivity contribution < 1.29 is 14.6 Å².